The van der Waals surface area contributed by atoms with Crippen LogP contribution in [0.3, 0.4) is 0 Å². The molecule has 1 N–H and O–H groups in total. The molecular weight excluding hydrogens is 438 g/mol. The van der Waals surface area contributed by atoms with E-state index in [1.54, 1.807) is 48.5 Å². The minimum Gasteiger partial charge on any atom is -0.494 e. The molecule has 8 heteroatoms. The van der Waals surface area contributed by atoms with Gasteiger partial charge in [0.05, 0.1) is 17.9 Å². The Hall–Kier alpha value is -3.71. The number of ether oxygens (including phenoxy) is 1. The molecule has 0 atom stereocenters. The molecule has 1 aliphatic heterocycles. The van der Waals surface area contributed by atoms with Crippen LogP contribution in [0.4, 0.5) is 20.2 Å². The molecule has 32 heavy (non-hydrogen) atoms. The topological polar surface area (TPSA) is 58.6 Å². The van der Waals surface area contributed by atoms with E-state index in [0.29, 0.717) is 28.6 Å². The molecule has 2 amide bonds. The summed E-state index contributed by atoms with van der Waals surface area (Å²) in [6.45, 7) is 2.37. The summed E-state index contributed by atoms with van der Waals surface area (Å²) < 4.78 is 32.6. The maximum atomic E-state index is 13.8. The highest BCUT2D eigenvalue weighted by molar-refractivity contribution is 6.46. The van der Waals surface area contributed by atoms with Gasteiger partial charge in [-0.1, -0.05) is 23.7 Å². The van der Waals surface area contributed by atoms with Crippen LogP contribution in [-0.4, -0.2) is 18.4 Å². The molecule has 1 heterocycles. The van der Waals surface area contributed by atoms with Crippen LogP contribution in [0.15, 0.2) is 72.4 Å². The fourth-order valence-corrected chi connectivity index (χ4v) is 3.46. The molecule has 0 saturated carbocycles. The van der Waals surface area contributed by atoms with E-state index < -0.39 is 23.4 Å². The first-order chi connectivity index (χ1) is 15.4. The summed E-state index contributed by atoms with van der Waals surface area (Å²) in [5.74, 6) is -2.95. The summed E-state index contributed by atoms with van der Waals surface area (Å²) in [6.07, 6.45) is 0. The molecule has 162 valence electrons. The first kappa shape index (κ1) is 21.5. The molecular formula is C24H17ClF2N2O3. The molecule has 5 nitrogen and oxygen atoms in total. The number of imide groups is 1. The predicted octanol–water partition coefficient (Wildman–Crippen LogP) is 5.41. The molecule has 0 fully saturated rings. The molecule has 0 unspecified atom stereocenters. The van der Waals surface area contributed by atoms with Crippen molar-refractivity contribution in [3.63, 3.8) is 0 Å². The average Bonchev–Trinajstić information content (AvgIpc) is 3.02. The number of hydrogen-bond acceptors (Lipinski definition) is 4. The van der Waals surface area contributed by atoms with Gasteiger partial charge >= 0.3 is 0 Å². The molecule has 3 aromatic carbocycles. The molecule has 1 aliphatic rings. The first-order valence-electron chi connectivity index (χ1n) is 9.73. The van der Waals surface area contributed by atoms with Crippen LogP contribution in [0.25, 0.3) is 5.57 Å². The van der Waals surface area contributed by atoms with Gasteiger partial charge in [0.15, 0.2) is 11.6 Å². The second kappa shape index (κ2) is 8.80. The number of rotatable bonds is 6. The van der Waals surface area contributed by atoms with E-state index in [1.807, 2.05) is 6.92 Å². The van der Waals surface area contributed by atoms with Gasteiger partial charge < -0.3 is 10.1 Å². The van der Waals surface area contributed by atoms with Gasteiger partial charge in [-0.05, 0) is 61.0 Å². The van der Waals surface area contributed by atoms with Crippen LogP contribution in [0.1, 0.15) is 12.5 Å². The Bertz CT molecular complexity index is 1220. The zero-order chi connectivity index (χ0) is 22.8. The zero-order valence-electron chi connectivity index (χ0n) is 16.9. The smallest absolute Gasteiger partial charge is 0.282 e. The number of nitrogens with one attached hydrogen (secondary N) is 1. The lowest BCUT2D eigenvalue weighted by Crippen LogP contribution is -2.32. The van der Waals surface area contributed by atoms with Gasteiger partial charge in [0.25, 0.3) is 11.8 Å². The van der Waals surface area contributed by atoms with Crippen molar-refractivity contribution in [1.29, 1.82) is 0 Å². The third kappa shape index (κ3) is 4.07. The zero-order valence-corrected chi connectivity index (χ0v) is 17.6. The van der Waals surface area contributed by atoms with Crippen molar-refractivity contribution >= 4 is 40.4 Å². The van der Waals surface area contributed by atoms with Gasteiger partial charge in [-0.25, -0.2) is 13.7 Å². The molecule has 0 aromatic heterocycles. The lowest BCUT2D eigenvalue weighted by molar-refractivity contribution is -0.120. The summed E-state index contributed by atoms with van der Waals surface area (Å²) >= 11 is 5.96. The van der Waals surface area contributed by atoms with Crippen molar-refractivity contribution in [2.75, 3.05) is 16.8 Å². The highest BCUT2D eigenvalue weighted by atomic mass is 35.5. The number of hydrogen-bond donors (Lipinski definition) is 1. The summed E-state index contributed by atoms with van der Waals surface area (Å²) in [5.41, 5.74) is 1.01. The fourth-order valence-electron chi connectivity index (χ4n) is 3.33. The molecule has 3 aromatic rings. The van der Waals surface area contributed by atoms with Crippen LogP contribution in [0.5, 0.6) is 5.75 Å². The quantitative estimate of drug-likeness (QED) is 0.506. The Morgan fingerprint density at radius 3 is 2.22 bits per heavy atom. The second-order valence-electron chi connectivity index (χ2n) is 6.88. The number of anilines is 2. The number of carbonyl (C=O) groups excluding carboxylic acids is 2. The van der Waals surface area contributed by atoms with Crippen molar-refractivity contribution < 1.29 is 23.1 Å². The minimum atomic E-state index is -1.16. The van der Waals surface area contributed by atoms with E-state index in [0.717, 1.165) is 17.0 Å². The van der Waals surface area contributed by atoms with E-state index in [1.165, 1.54) is 6.07 Å². The van der Waals surface area contributed by atoms with Crippen LogP contribution in [0.2, 0.25) is 5.02 Å². The average molecular weight is 455 g/mol. The van der Waals surface area contributed by atoms with Gasteiger partial charge in [0, 0.05) is 16.8 Å². The fraction of sp³-hybridized carbons (Fsp3) is 0.0833. The Kier molecular flexibility index (Phi) is 5.92. The normalized spacial score (nSPS) is 13.7. The van der Waals surface area contributed by atoms with Crippen LogP contribution >= 0.6 is 11.6 Å². The number of carbonyl (C=O) groups is 2. The number of amides is 2. The Morgan fingerprint density at radius 1 is 0.906 bits per heavy atom. The van der Waals surface area contributed by atoms with Crippen molar-refractivity contribution in [3.8, 4) is 5.75 Å². The van der Waals surface area contributed by atoms with Gasteiger partial charge in [0.2, 0.25) is 0 Å². The van der Waals surface area contributed by atoms with Crippen molar-refractivity contribution in [1.82, 2.24) is 0 Å². The van der Waals surface area contributed by atoms with E-state index in [-0.39, 0.29) is 17.0 Å². The van der Waals surface area contributed by atoms with Gasteiger partial charge in [-0.3, -0.25) is 9.59 Å². The first-order valence-corrected chi connectivity index (χ1v) is 10.1. The van der Waals surface area contributed by atoms with Gasteiger partial charge in [0.1, 0.15) is 11.4 Å². The summed E-state index contributed by atoms with van der Waals surface area (Å²) in [7, 11) is 0. The third-order valence-electron chi connectivity index (χ3n) is 4.81. The lowest BCUT2D eigenvalue weighted by Gasteiger charge is -2.15. The molecule has 0 radical (unpaired) electrons. The van der Waals surface area contributed by atoms with E-state index >= 15 is 0 Å². The van der Waals surface area contributed by atoms with E-state index in [4.69, 9.17) is 16.3 Å². The van der Waals surface area contributed by atoms with E-state index in [2.05, 4.69) is 5.32 Å². The van der Waals surface area contributed by atoms with E-state index in [9.17, 15) is 18.4 Å². The molecule has 4 rings (SSSR count). The molecule has 0 saturated heterocycles. The minimum absolute atomic E-state index is 0.00576. The van der Waals surface area contributed by atoms with Crippen molar-refractivity contribution in [2.24, 2.45) is 0 Å². The van der Waals surface area contributed by atoms with Crippen LogP contribution in [-0.2, 0) is 9.59 Å². The molecule has 0 bridgehead atoms. The number of halogens is 3. The van der Waals surface area contributed by atoms with Crippen molar-refractivity contribution in [3.05, 3.63) is 94.6 Å². The van der Waals surface area contributed by atoms with Crippen LogP contribution in [0, 0.1) is 11.6 Å². The predicted molar refractivity (Wildman–Crippen MR) is 118 cm³/mol. The maximum absolute atomic E-state index is 13.8. The Morgan fingerprint density at radius 2 is 1.59 bits per heavy atom. The Balaban J connectivity index is 1.77. The maximum Gasteiger partial charge on any atom is 0.282 e. The summed E-state index contributed by atoms with van der Waals surface area (Å²) in [6, 6.07) is 16.1. The molecule has 0 aliphatic carbocycles. The summed E-state index contributed by atoms with van der Waals surface area (Å²) in [4.78, 5) is 27.3. The van der Waals surface area contributed by atoms with Crippen LogP contribution < -0.4 is 15.0 Å². The Labute approximate surface area is 187 Å². The highest BCUT2D eigenvalue weighted by Gasteiger charge is 2.40. The molecule has 0 spiro atoms. The van der Waals surface area contributed by atoms with Gasteiger partial charge in [-0.15, -0.1) is 0 Å². The summed E-state index contributed by atoms with van der Waals surface area (Å²) in [5, 5.41) is 3.45. The SMILES string of the molecule is CCOc1ccc(NC2=C(c3ccc(Cl)cc3)C(=O)N(c3ccc(F)c(F)c3)C2=O)cc1. The standard InChI is InChI=1S/C24H17ClF2N2O3/c1-2-32-18-10-7-16(8-11-18)28-22-21(14-3-5-15(25)6-4-14)23(30)29(24(22)31)17-9-12-19(26)20(27)13-17/h3-13,28H,2H2,1H3. The highest BCUT2D eigenvalue weighted by Crippen LogP contribution is 2.34. The monoisotopic (exact) mass is 454 g/mol. The largest absolute Gasteiger partial charge is 0.494 e. The number of benzene rings is 3. The third-order valence-corrected chi connectivity index (χ3v) is 5.06. The number of nitrogens with zero attached hydrogens (tertiary/aromatic N) is 1. The second-order valence-corrected chi connectivity index (χ2v) is 7.32. The lowest BCUT2D eigenvalue weighted by atomic mass is 10.0. The van der Waals surface area contributed by atoms with Gasteiger partial charge in [-0.2, -0.15) is 0 Å². The van der Waals surface area contributed by atoms with Crippen molar-refractivity contribution in [2.45, 2.75) is 6.92 Å².